The van der Waals surface area contributed by atoms with Crippen molar-refractivity contribution >= 4 is 11.7 Å². The summed E-state index contributed by atoms with van der Waals surface area (Å²) in [5.41, 5.74) is 0.299. The monoisotopic (exact) mass is 277 g/mol. The maximum Gasteiger partial charge on any atom is 0.338 e. The van der Waals surface area contributed by atoms with Crippen molar-refractivity contribution in [3.8, 4) is 0 Å². The summed E-state index contributed by atoms with van der Waals surface area (Å²) >= 11 is 0. The van der Waals surface area contributed by atoms with Crippen LogP contribution >= 0.6 is 0 Å². The lowest BCUT2D eigenvalue weighted by atomic mass is 10.1. The van der Waals surface area contributed by atoms with Crippen LogP contribution < -0.4 is 4.90 Å². The van der Waals surface area contributed by atoms with E-state index in [1.807, 2.05) is 30.3 Å². The first-order valence-electron chi connectivity index (χ1n) is 5.97. The smallest absolute Gasteiger partial charge is 0.338 e. The number of carboxylic acids is 1. The van der Waals surface area contributed by atoms with Crippen LogP contribution in [0.5, 0.6) is 0 Å². The van der Waals surface area contributed by atoms with Gasteiger partial charge in [0.15, 0.2) is 11.6 Å². The Kier molecular flexibility index (Phi) is 3.98. The topological polar surface area (TPSA) is 40.5 Å². The van der Waals surface area contributed by atoms with E-state index in [9.17, 15) is 13.6 Å². The van der Waals surface area contributed by atoms with Crippen LogP contribution in [0.25, 0.3) is 0 Å². The standard InChI is InChI=1S/C15H13F2NO2/c1-18(9-10-5-3-2-4-6-10)12-8-7-11(15(19)20)13(16)14(12)17/h2-8H,9H2,1H3,(H,19,20). The van der Waals surface area contributed by atoms with Gasteiger partial charge in [-0.05, 0) is 17.7 Å². The molecule has 20 heavy (non-hydrogen) atoms. The van der Waals surface area contributed by atoms with E-state index in [0.29, 0.717) is 6.54 Å². The Morgan fingerprint density at radius 1 is 1.10 bits per heavy atom. The minimum atomic E-state index is -1.49. The molecule has 0 fully saturated rings. The lowest BCUT2D eigenvalue weighted by Crippen LogP contribution is -2.19. The quantitative estimate of drug-likeness (QED) is 0.932. The van der Waals surface area contributed by atoms with E-state index in [2.05, 4.69) is 0 Å². The average molecular weight is 277 g/mol. The van der Waals surface area contributed by atoms with Crippen molar-refractivity contribution < 1.29 is 18.7 Å². The molecular formula is C15H13F2NO2. The Labute approximate surface area is 115 Å². The van der Waals surface area contributed by atoms with Crippen molar-refractivity contribution in [2.24, 2.45) is 0 Å². The van der Waals surface area contributed by atoms with Crippen molar-refractivity contribution in [2.45, 2.75) is 6.54 Å². The van der Waals surface area contributed by atoms with E-state index >= 15 is 0 Å². The molecule has 0 aliphatic carbocycles. The molecule has 5 heteroatoms. The highest BCUT2D eigenvalue weighted by Crippen LogP contribution is 2.24. The maximum absolute atomic E-state index is 13.9. The van der Waals surface area contributed by atoms with Crippen LogP contribution in [0.2, 0.25) is 0 Å². The lowest BCUT2D eigenvalue weighted by Gasteiger charge is -2.20. The zero-order valence-corrected chi connectivity index (χ0v) is 10.8. The predicted molar refractivity (Wildman–Crippen MR) is 71.9 cm³/mol. The number of hydrogen-bond acceptors (Lipinski definition) is 2. The number of halogens is 2. The number of carbonyl (C=O) groups is 1. The molecule has 0 aromatic heterocycles. The van der Waals surface area contributed by atoms with Crippen molar-refractivity contribution in [1.82, 2.24) is 0 Å². The van der Waals surface area contributed by atoms with E-state index in [1.165, 1.54) is 11.0 Å². The highest BCUT2D eigenvalue weighted by atomic mass is 19.2. The second-order valence-electron chi connectivity index (χ2n) is 4.41. The van der Waals surface area contributed by atoms with Crippen molar-refractivity contribution in [1.29, 1.82) is 0 Å². The van der Waals surface area contributed by atoms with Gasteiger partial charge in [-0.2, -0.15) is 0 Å². The van der Waals surface area contributed by atoms with Crippen molar-refractivity contribution in [2.75, 3.05) is 11.9 Å². The summed E-state index contributed by atoms with van der Waals surface area (Å²) in [6.07, 6.45) is 0. The number of aromatic carboxylic acids is 1. The molecule has 2 rings (SSSR count). The number of carboxylic acid groups (broad SMARTS) is 1. The summed E-state index contributed by atoms with van der Waals surface area (Å²) in [4.78, 5) is 12.3. The third-order valence-corrected chi connectivity index (χ3v) is 2.97. The molecule has 0 unspecified atom stereocenters. The zero-order valence-electron chi connectivity index (χ0n) is 10.8. The summed E-state index contributed by atoms with van der Waals surface area (Å²) in [5.74, 6) is -3.98. The SMILES string of the molecule is CN(Cc1ccccc1)c1ccc(C(=O)O)c(F)c1F. The molecule has 0 aliphatic rings. The third-order valence-electron chi connectivity index (χ3n) is 2.97. The first kappa shape index (κ1) is 14.0. The van der Waals surface area contributed by atoms with E-state index in [0.717, 1.165) is 11.6 Å². The first-order valence-corrected chi connectivity index (χ1v) is 5.97. The maximum atomic E-state index is 13.9. The normalized spacial score (nSPS) is 10.3. The molecule has 3 nitrogen and oxygen atoms in total. The molecule has 0 heterocycles. The van der Waals surface area contributed by atoms with Gasteiger partial charge in [0, 0.05) is 13.6 Å². The van der Waals surface area contributed by atoms with Gasteiger partial charge in [0.2, 0.25) is 0 Å². The molecule has 0 aliphatic heterocycles. The molecule has 0 saturated heterocycles. The van der Waals surface area contributed by atoms with Gasteiger partial charge in [-0.25, -0.2) is 13.6 Å². The Balaban J connectivity index is 2.29. The Bertz CT molecular complexity index is 629. The molecule has 0 saturated carbocycles. The number of rotatable bonds is 4. The summed E-state index contributed by atoms with van der Waals surface area (Å²) in [7, 11) is 1.62. The summed E-state index contributed by atoms with van der Waals surface area (Å²) < 4.78 is 27.5. The number of hydrogen-bond donors (Lipinski definition) is 1. The Morgan fingerprint density at radius 3 is 2.35 bits per heavy atom. The molecule has 0 amide bonds. The summed E-state index contributed by atoms with van der Waals surface area (Å²) in [5, 5.41) is 8.73. The van der Waals surface area contributed by atoms with E-state index in [1.54, 1.807) is 7.05 Å². The second-order valence-corrected chi connectivity index (χ2v) is 4.41. The van der Waals surface area contributed by atoms with Crippen molar-refractivity contribution in [3.63, 3.8) is 0 Å². The van der Waals surface area contributed by atoms with Gasteiger partial charge in [0.1, 0.15) is 0 Å². The molecule has 0 atom stereocenters. The first-order chi connectivity index (χ1) is 9.50. The lowest BCUT2D eigenvalue weighted by molar-refractivity contribution is 0.0690. The molecule has 2 aromatic rings. The fraction of sp³-hybridized carbons (Fsp3) is 0.133. The minimum Gasteiger partial charge on any atom is -0.478 e. The molecule has 2 aromatic carbocycles. The van der Waals surface area contributed by atoms with Gasteiger partial charge in [-0.1, -0.05) is 30.3 Å². The highest BCUT2D eigenvalue weighted by Gasteiger charge is 2.19. The predicted octanol–water partition coefficient (Wildman–Crippen LogP) is 3.30. The number of nitrogens with zero attached hydrogens (tertiary/aromatic N) is 1. The number of benzene rings is 2. The van der Waals surface area contributed by atoms with Crippen LogP contribution in [0.1, 0.15) is 15.9 Å². The van der Waals surface area contributed by atoms with Crippen LogP contribution in [0.3, 0.4) is 0 Å². The molecule has 0 radical (unpaired) electrons. The molecule has 1 N–H and O–H groups in total. The van der Waals surface area contributed by atoms with Crippen LogP contribution in [-0.4, -0.2) is 18.1 Å². The molecule has 104 valence electrons. The van der Waals surface area contributed by atoms with Gasteiger partial charge in [-0.3, -0.25) is 0 Å². The van der Waals surface area contributed by atoms with Gasteiger partial charge < -0.3 is 10.0 Å². The molecule has 0 spiro atoms. The van der Waals surface area contributed by atoms with Gasteiger partial charge >= 0.3 is 5.97 Å². The van der Waals surface area contributed by atoms with E-state index in [4.69, 9.17) is 5.11 Å². The van der Waals surface area contributed by atoms with Gasteiger partial charge in [0.25, 0.3) is 0 Å². The molecule has 0 bridgehead atoms. The highest BCUT2D eigenvalue weighted by molar-refractivity contribution is 5.88. The van der Waals surface area contributed by atoms with Crippen LogP contribution in [0.4, 0.5) is 14.5 Å². The Morgan fingerprint density at radius 2 is 1.75 bits per heavy atom. The second kappa shape index (κ2) is 5.69. The van der Waals surface area contributed by atoms with E-state index < -0.39 is 23.2 Å². The Hall–Kier alpha value is -2.43. The summed E-state index contributed by atoms with van der Waals surface area (Å²) in [6, 6.07) is 11.7. The van der Waals surface area contributed by atoms with Crippen LogP contribution in [-0.2, 0) is 6.54 Å². The van der Waals surface area contributed by atoms with Crippen molar-refractivity contribution in [3.05, 3.63) is 65.2 Å². The summed E-state index contributed by atoms with van der Waals surface area (Å²) in [6.45, 7) is 0.392. The van der Waals surface area contributed by atoms with Gasteiger partial charge in [0.05, 0.1) is 11.3 Å². The number of anilines is 1. The largest absolute Gasteiger partial charge is 0.478 e. The fourth-order valence-electron chi connectivity index (χ4n) is 1.94. The van der Waals surface area contributed by atoms with E-state index in [-0.39, 0.29) is 5.69 Å². The van der Waals surface area contributed by atoms with Crippen LogP contribution in [0.15, 0.2) is 42.5 Å². The average Bonchev–Trinajstić information content (AvgIpc) is 2.42. The van der Waals surface area contributed by atoms with Crippen LogP contribution in [0, 0.1) is 11.6 Å². The van der Waals surface area contributed by atoms with Gasteiger partial charge in [-0.15, -0.1) is 0 Å². The third kappa shape index (κ3) is 2.77. The zero-order chi connectivity index (χ0) is 14.7. The fourth-order valence-corrected chi connectivity index (χ4v) is 1.94. The minimum absolute atomic E-state index is 0.0244. The molecular weight excluding hydrogens is 264 g/mol.